The summed E-state index contributed by atoms with van der Waals surface area (Å²) in [7, 11) is 0. The molecule has 0 amide bonds. The Hall–Kier alpha value is -0.850. The molecule has 1 nitrogen and oxygen atoms in total. The van der Waals surface area contributed by atoms with Crippen molar-refractivity contribution < 1.29 is 4.79 Å². The molecule has 4 atom stereocenters. The van der Waals surface area contributed by atoms with Crippen LogP contribution in [0, 0.1) is 28.6 Å². The van der Waals surface area contributed by atoms with Crippen molar-refractivity contribution in [2.45, 2.75) is 33.1 Å². The van der Waals surface area contributed by atoms with Gasteiger partial charge < -0.3 is 0 Å². The van der Waals surface area contributed by atoms with E-state index in [4.69, 9.17) is 0 Å². The topological polar surface area (TPSA) is 17.1 Å². The highest BCUT2D eigenvalue weighted by atomic mass is 16.1. The fourth-order valence-electron chi connectivity index (χ4n) is 4.64. The summed E-state index contributed by atoms with van der Waals surface area (Å²) >= 11 is 0. The number of hydrogen-bond acceptors (Lipinski definition) is 1. The van der Waals surface area contributed by atoms with Crippen molar-refractivity contribution in [2.75, 3.05) is 0 Å². The zero-order valence-electron chi connectivity index (χ0n) is 10.2. The molecule has 2 unspecified atom stereocenters. The van der Waals surface area contributed by atoms with E-state index in [1.807, 2.05) is 6.08 Å². The largest absolute Gasteiger partial charge is 0.298 e. The maximum atomic E-state index is 12.7. The Balaban J connectivity index is 2.10. The van der Waals surface area contributed by atoms with Gasteiger partial charge >= 0.3 is 0 Å². The van der Waals surface area contributed by atoms with Crippen molar-refractivity contribution in [3.63, 3.8) is 0 Å². The molecule has 86 valence electrons. The third kappa shape index (κ3) is 0.952. The summed E-state index contributed by atoms with van der Waals surface area (Å²) in [6, 6.07) is 0. The summed E-state index contributed by atoms with van der Waals surface area (Å²) in [5.41, 5.74) is -0.193. The van der Waals surface area contributed by atoms with E-state index in [0.717, 1.165) is 12.8 Å². The predicted octanol–water partition coefficient (Wildman–Crippen LogP) is 3.37. The molecule has 16 heavy (non-hydrogen) atoms. The fraction of sp³-hybridized carbons (Fsp3) is 0.667. The first-order chi connectivity index (χ1) is 7.52. The van der Waals surface area contributed by atoms with Crippen LogP contribution in [0.1, 0.15) is 33.1 Å². The molecule has 0 radical (unpaired) electrons. The lowest BCUT2D eigenvalue weighted by Crippen LogP contribution is -2.38. The van der Waals surface area contributed by atoms with E-state index in [9.17, 15) is 4.79 Å². The quantitative estimate of drug-likeness (QED) is 0.647. The van der Waals surface area contributed by atoms with Crippen molar-refractivity contribution in [1.29, 1.82) is 0 Å². The Morgan fingerprint density at radius 3 is 2.94 bits per heavy atom. The normalized spacial score (nSPS) is 47.4. The van der Waals surface area contributed by atoms with E-state index in [1.165, 1.54) is 6.42 Å². The van der Waals surface area contributed by atoms with Gasteiger partial charge in [-0.15, -0.1) is 6.58 Å². The number of ketones is 1. The van der Waals surface area contributed by atoms with Crippen LogP contribution in [0.4, 0.5) is 0 Å². The van der Waals surface area contributed by atoms with Crippen LogP contribution < -0.4 is 0 Å². The number of carbonyl (C=O) groups is 1. The second-order valence-electron chi connectivity index (χ2n) is 6.45. The van der Waals surface area contributed by atoms with Crippen molar-refractivity contribution >= 4 is 5.78 Å². The fourth-order valence-corrected chi connectivity index (χ4v) is 4.64. The molecule has 0 aromatic rings. The molecule has 2 fully saturated rings. The highest BCUT2D eigenvalue weighted by Crippen LogP contribution is 2.67. The molecule has 0 aromatic carbocycles. The first-order valence-corrected chi connectivity index (χ1v) is 6.36. The van der Waals surface area contributed by atoms with E-state index < -0.39 is 0 Å². The highest BCUT2D eigenvalue weighted by molar-refractivity contribution is 5.94. The van der Waals surface area contributed by atoms with Gasteiger partial charge in [0, 0.05) is 10.8 Å². The minimum Gasteiger partial charge on any atom is -0.298 e. The van der Waals surface area contributed by atoms with Gasteiger partial charge in [-0.05, 0) is 37.0 Å². The zero-order valence-corrected chi connectivity index (χ0v) is 10.2. The van der Waals surface area contributed by atoms with E-state index in [2.05, 4.69) is 32.6 Å². The Morgan fingerprint density at radius 2 is 2.25 bits per heavy atom. The summed E-state index contributed by atoms with van der Waals surface area (Å²) in [4.78, 5) is 12.7. The zero-order chi connectivity index (χ0) is 11.6. The van der Waals surface area contributed by atoms with Crippen LogP contribution in [0.2, 0.25) is 0 Å². The monoisotopic (exact) mass is 216 g/mol. The van der Waals surface area contributed by atoms with Crippen LogP contribution in [0.3, 0.4) is 0 Å². The Labute approximate surface area is 97.6 Å². The molecule has 2 saturated carbocycles. The van der Waals surface area contributed by atoms with Gasteiger partial charge in [-0.25, -0.2) is 0 Å². The van der Waals surface area contributed by atoms with E-state index in [0.29, 0.717) is 23.5 Å². The summed E-state index contributed by atoms with van der Waals surface area (Å²) in [5.74, 6) is 2.25. The molecule has 1 heteroatoms. The lowest BCUT2D eigenvalue weighted by atomic mass is 9.67. The van der Waals surface area contributed by atoms with Gasteiger partial charge in [-0.2, -0.15) is 0 Å². The minimum atomic E-state index is -0.114. The van der Waals surface area contributed by atoms with Crippen molar-refractivity contribution in [3.8, 4) is 0 Å². The molecule has 0 N–H and O–H groups in total. The van der Waals surface area contributed by atoms with Crippen LogP contribution in [0.25, 0.3) is 0 Å². The van der Waals surface area contributed by atoms with Crippen LogP contribution in [0.15, 0.2) is 24.8 Å². The Kier molecular flexibility index (Phi) is 1.86. The van der Waals surface area contributed by atoms with Crippen LogP contribution in [0.5, 0.6) is 0 Å². The third-order valence-corrected chi connectivity index (χ3v) is 5.21. The highest BCUT2D eigenvalue weighted by Gasteiger charge is 2.66. The average molecular weight is 216 g/mol. The molecule has 0 saturated heterocycles. The average Bonchev–Trinajstić information content (AvgIpc) is 2.83. The second-order valence-corrected chi connectivity index (χ2v) is 6.45. The Morgan fingerprint density at radius 1 is 1.50 bits per heavy atom. The molecular weight excluding hydrogens is 196 g/mol. The SMILES string of the molecule is C=CC[C@]12C(=O)C(C)(C)C[C@H]1C1C=CC2C1. The van der Waals surface area contributed by atoms with Gasteiger partial charge in [0.25, 0.3) is 0 Å². The molecule has 0 aromatic heterocycles. The van der Waals surface area contributed by atoms with Gasteiger partial charge in [0.1, 0.15) is 5.78 Å². The number of rotatable bonds is 2. The van der Waals surface area contributed by atoms with E-state index in [1.54, 1.807) is 0 Å². The van der Waals surface area contributed by atoms with Crippen molar-refractivity contribution in [2.24, 2.45) is 28.6 Å². The third-order valence-electron chi connectivity index (χ3n) is 5.21. The van der Waals surface area contributed by atoms with Gasteiger partial charge in [-0.1, -0.05) is 32.1 Å². The molecule has 0 heterocycles. The number of fused-ring (bicyclic) bond motifs is 5. The molecule has 0 aliphatic heterocycles. The van der Waals surface area contributed by atoms with Gasteiger partial charge in [0.2, 0.25) is 0 Å². The lowest BCUT2D eigenvalue weighted by Gasteiger charge is -2.35. The number of hydrogen-bond donors (Lipinski definition) is 0. The molecule has 3 aliphatic carbocycles. The summed E-state index contributed by atoms with van der Waals surface area (Å²) in [5, 5.41) is 0. The molecule has 3 rings (SSSR count). The van der Waals surface area contributed by atoms with Crippen LogP contribution in [-0.4, -0.2) is 5.78 Å². The standard InChI is InChI=1S/C15H20O/c1-4-7-15-11-6-5-10(8-11)12(15)9-14(2,3)13(15)16/h4-6,10-12H,1,7-9H2,2-3H3/t10?,11?,12-,15+/m0/s1. The van der Waals surface area contributed by atoms with Crippen LogP contribution in [-0.2, 0) is 4.79 Å². The maximum Gasteiger partial charge on any atom is 0.145 e. The first kappa shape index (κ1) is 10.3. The number of carbonyl (C=O) groups excluding carboxylic acids is 1. The van der Waals surface area contributed by atoms with Gasteiger partial charge in [0.15, 0.2) is 0 Å². The minimum absolute atomic E-state index is 0.0787. The van der Waals surface area contributed by atoms with Crippen molar-refractivity contribution in [3.05, 3.63) is 24.8 Å². The predicted molar refractivity (Wildman–Crippen MR) is 64.9 cm³/mol. The van der Waals surface area contributed by atoms with Gasteiger partial charge in [-0.3, -0.25) is 4.79 Å². The summed E-state index contributed by atoms with van der Waals surface area (Å²) < 4.78 is 0. The Bertz CT molecular complexity index is 390. The smallest absolute Gasteiger partial charge is 0.145 e. The lowest BCUT2D eigenvalue weighted by molar-refractivity contribution is -0.134. The summed E-state index contributed by atoms with van der Waals surface area (Å²) in [6.07, 6.45) is 9.77. The molecule has 3 aliphatic rings. The van der Waals surface area contributed by atoms with Gasteiger partial charge in [0.05, 0.1) is 0 Å². The molecule has 2 bridgehead atoms. The van der Waals surface area contributed by atoms with Crippen molar-refractivity contribution in [1.82, 2.24) is 0 Å². The van der Waals surface area contributed by atoms with Crippen LogP contribution >= 0.6 is 0 Å². The molecule has 0 spiro atoms. The van der Waals surface area contributed by atoms with E-state index >= 15 is 0 Å². The second kappa shape index (κ2) is 2.88. The maximum absolute atomic E-state index is 12.7. The first-order valence-electron chi connectivity index (χ1n) is 6.36. The number of allylic oxidation sites excluding steroid dienone is 3. The molecular formula is C15H20O. The summed E-state index contributed by atoms with van der Waals surface area (Å²) in [6.45, 7) is 8.11. The number of Topliss-reactive ketones (excluding diaryl/α,β-unsaturated/α-hetero) is 1. The van der Waals surface area contributed by atoms with E-state index in [-0.39, 0.29) is 10.8 Å².